The third-order valence-corrected chi connectivity index (χ3v) is 3.36. The van der Waals surface area contributed by atoms with Crippen molar-refractivity contribution in [2.75, 3.05) is 0 Å². The highest BCUT2D eigenvalue weighted by Crippen LogP contribution is 2.30. The van der Waals surface area contributed by atoms with Crippen LogP contribution in [-0.4, -0.2) is 16.4 Å². The zero-order chi connectivity index (χ0) is 14.7. The molecular weight excluding hydrogens is 262 g/mol. The predicted molar refractivity (Wildman–Crippen MR) is 84.1 cm³/mol. The number of pyridine rings is 1. The quantitative estimate of drug-likeness (QED) is 0.734. The van der Waals surface area contributed by atoms with Crippen LogP contribution in [0.2, 0.25) is 0 Å². The fourth-order valence-corrected chi connectivity index (χ4v) is 2.23. The fourth-order valence-electron chi connectivity index (χ4n) is 2.23. The molecule has 1 heterocycles. The maximum Gasteiger partial charge on any atom is 0.197 e. The Kier molecular flexibility index (Phi) is 3.84. The maximum absolute atomic E-state index is 9.79. The van der Waals surface area contributed by atoms with Gasteiger partial charge in [0.15, 0.2) is 6.29 Å². The molecule has 1 N–H and O–H groups in total. The average Bonchev–Trinajstić information content (AvgIpc) is 2.55. The van der Waals surface area contributed by atoms with Crippen molar-refractivity contribution in [2.45, 2.75) is 19.6 Å². The van der Waals surface area contributed by atoms with Gasteiger partial charge < -0.3 is 9.84 Å². The van der Waals surface area contributed by atoms with Crippen molar-refractivity contribution in [3.63, 3.8) is 0 Å². The van der Waals surface area contributed by atoms with Gasteiger partial charge in [0.25, 0.3) is 0 Å². The normalized spacial score (nSPS) is 12.3. The van der Waals surface area contributed by atoms with Crippen molar-refractivity contribution >= 4 is 10.9 Å². The van der Waals surface area contributed by atoms with E-state index in [0.29, 0.717) is 12.2 Å². The van der Waals surface area contributed by atoms with Gasteiger partial charge in [-0.3, -0.25) is 0 Å². The van der Waals surface area contributed by atoms with E-state index in [1.54, 1.807) is 0 Å². The van der Waals surface area contributed by atoms with Gasteiger partial charge in [0.2, 0.25) is 0 Å². The lowest BCUT2D eigenvalue weighted by Crippen LogP contribution is -2.14. The Hall–Kier alpha value is -2.39. The first-order valence-corrected chi connectivity index (χ1v) is 7.08. The zero-order valence-electron chi connectivity index (χ0n) is 11.9. The summed E-state index contributed by atoms with van der Waals surface area (Å²) in [5, 5.41) is 10.7. The minimum Gasteiger partial charge on any atom is -0.464 e. The zero-order valence-corrected chi connectivity index (χ0v) is 11.9. The minimum absolute atomic E-state index is 0.539. The van der Waals surface area contributed by atoms with Crippen molar-refractivity contribution in [3.8, 4) is 17.0 Å². The predicted octanol–water partition coefficient (Wildman–Crippen LogP) is 4.01. The molecule has 0 aliphatic rings. The van der Waals surface area contributed by atoms with E-state index in [9.17, 15) is 5.11 Å². The Labute approximate surface area is 123 Å². The SMILES string of the molecule is CCC(O)Oc1cc(-c2ccccc2)nc2ccccc12. The van der Waals surface area contributed by atoms with Gasteiger partial charge >= 0.3 is 0 Å². The molecule has 0 saturated heterocycles. The number of rotatable bonds is 4. The molecule has 1 aromatic heterocycles. The number of aliphatic hydroxyl groups excluding tert-OH is 1. The number of aliphatic hydroxyl groups is 1. The van der Waals surface area contributed by atoms with E-state index >= 15 is 0 Å². The molecule has 3 heteroatoms. The summed E-state index contributed by atoms with van der Waals surface area (Å²) in [5.41, 5.74) is 2.73. The van der Waals surface area contributed by atoms with E-state index in [-0.39, 0.29) is 0 Å². The Morgan fingerprint density at radius 2 is 1.76 bits per heavy atom. The second kappa shape index (κ2) is 5.94. The van der Waals surface area contributed by atoms with Gasteiger partial charge in [0.1, 0.15) is 5.75 Å². The van der Waals surface area contributed by atoms with E-state index in [1.807, 2.05) is 67.6 Å². The molecular formula is C18H17NO2. The monoisotopic (exact) mass is 279 g/mol. The van der Waals surface area contributed by atoms with Crippen LogP contribution in [0.5, 0.6) is 5.75 Å². The molecule has 0 aliphatic carbocycles. The molecule has 3 rings (SSSR count). The lowest BCUT2D eigenvalue weighted by atomic mass is 10.1. The summed E-state index contributed by atoms with van der Waals surface area (Å²) in [4.78, 5) is 4.68. The summed E-state index contributed by atoms with van der Waals surface area (Å²) in [6.07, 6.45) is -0.267. The summed E-state index contributed by atoms with van der Waals surface area (Å²) in [7, 11) is 0. The standard InChI is InChI=1S/C18H17NO2/c1-2-18(20)21-17-12-16(13-8-4-3-5-9-13)19-15-11-7-6-10-14(15)17/h3-12,18,20H,2H2,1H3. The summed E-state index contributed by atoms with van der Waals surface area (Å²) in [6, 6.07) is 19.6. The van der Waals surface area contributed by atoms with Gasteiger partial charge in [0, 0.05) is 23.4 Å². The Morgan fingerprint density at radius 1 is 1.05 bits per heavy atom. The Bertz CT molecular complexity index is 741. The molecule has 106 valence electrons. The van der Waals surface area contributed by atoms with Crippen molar-refractivity contribution in [2.24, 2.45) is 0 Å². The van der Waals surface area contributed by atoms with Gasteiger partial charge in [0.05, 0.1) is 11.2 Å². The number of fused-ring (bicyclic) bond motifs is 1. The van der Waals surface area contributed by atoms with E-state index in [1.165, 1.54) is 0 Å². The largest absolute Gasteiger partial charge is 0.464 e. The minimum atomic E-state index is -0.806. The smallest absolute Gasteiger partial charge is 0.197 e. The third-order valence-electron chi connectivity index (χ3n) is 3.36. The van der Waals surface area contributed by atoms with Crippen LogP contribution in [-0.2, 0) is 0 Å². The molecule has 1 atom stereocenters. The Morgan fingerprint density at radius 3 is 2.52 bits per heavy atom. The lowest BCUT2D eigenvalue weighted by Gasteiger charge is -2.15. The van der Waals surface area contributed by atoms with Crippen LogP contribution in [0.15, 0.2) is 60.7 Å². The fraction of sp³-hybridized carbons (Fsp3) is 0.167. The van der Waals surface area contributed by atoms with Gasteiger partial charge in [-0.2, -0.15) is 0 Å². The third kappa shape index (κ3) is 2.88. The molecule has 0 aliphatic heterocycles. The Balaban J connectivity index is 2.15. The first-order valence-electron chi connectivity index (χ1n) is 7.08. The molecule has 0 bridgehead atoms. The highest BCUT2D eigenvalue weighted by Gasteiger charge is 2.11. The summed E-state index contributed by atoms with van der Waals surface area (Å²) >= 11 is 0. The molecule has 0 amide bonds. The number of ether oxygens (including phenoxy) is 1. The van der Waals surface area contributed by atoms with Crippen LogP contribution in [0.4, 0.5) is 0 Å². The average molecular weight is 279 g/mol. The highest BCUT2D eigenvalue weighted by atomic mass is 16.6. The number of para-hydroxylation sites is 1. The van der Waals surface area contributed by atoms with E-state index < -0.39 is 6.29 Å². The van der Waals surface area contributed by atoms with E-state index in [0.717, 1.165) is 22.2 Å². The summed E-state index contributed by atoms with van der Waals surface area (Å²) in [5.74, 6) is 0.661. The second-order valence-corrected chi connectivity index (χ2v) is 4.87. The molecule has 3 nitrogen and oxygen atoms in total. The molecule has 21 heavy (non-hydrogen) atoms. The van der Waals surface area contributed by atoms with Crippen LogP contribution >= 0.6 is 0 Å². The van der Waals surface area contributed by atoms with Crippen molar-refractivity contribution < 1.29 is 9.84 Å². The van der Waals surface area contributed by atoms with Crippen LogP contribution < -0.4 is 4.74 Å². The maximum atomic E-state index is 9.79. The van der Waals surface area contributed by atoms with Crippen molar-refractivity contribution in [1.82, 2.24) is 4.98 Å². The molecule has 0 radical (unpaired) electrons. The lowest BCUT2D eigenvalue weighted by molar-refractivity contribution is -0.0180. The summed E-state index contributed by atoms with van der Waals surface area (Å²) in [6.45, 7) is 1.88. The van der Waals surface area contributed by atoms with Gasteiger partial charge in [-0.1, -0.05) is 49.4 Å². The first-order chi connectivity index (χ1) is 10.3. The van der Waals surface area contributed by atoms with Crippen molar-refractivity contribution in [1.29, 1.82) is 0 Å². The molecule has 3 aromatic rings. The molecule has 0 saturated carbocycles. The van der Waals surface area contributed by atoms with Crippen LogP contribution in [0.25, 0.3) is 22.2 Å². The first kappa shape index (κ1) is 13.6. The molecule has 2 aromatic carbocycles. The molecule has 0 spiro atoms. The number of benzene rings is 2. The van der Waals surface area contributed by atoms with Gasteiger partial charge in [-0.05, 0) is 12.1 Å². The molecule has 1 unspecified atom stereocenters. The highest BCUT2D eigenvalue weighted by molar-refractivity contribution is 5.87. The number of aromatic nitrogens is 1. The van der Waals surface area contributed by atoms with Crippen LogP contribution in [0.3, 0.4) is 0 Å². The van der Waals surface area contributed by atoms with Crippen molar-refractivity contribution in [3.05, 3.63) is 60.7 Å². The number of hydrogen-bond acceptors (Lipinski definition) is 3. The number of nitrogens with zero attached hydrogens (tertiary/aromatic N) is 1. The van der Waals surface area contributed by atoms with Crippen LogP contribution in [0, 0.1) is 0 Å². The van der Waals surface area contributed by atoms with Gasteiger partial charge in [-0.15, -0.1) is 0 Å². The molecule has 0 fully saturated rings. The van der Waals surface area contributed by atoms with Crippen LogP contribution in [0.1, 0.15) is 13.3 Å². The topological polar surface area (TPSA) is 42.4 Å². The number of hydrogen-bond donors (Lipinski definition) is 1. The second-order valence-electron chi connectivity index (χ2n) is 4.87. The summed E-state index contributed by atoms with van der Waals surface area (Å²) < 4.78 is 5.65. The van der Waals surface area contributed by atoms with E-state index in [4.69, 9.17) is 4.74 Å². The van der Waals surface area contributed by atoms with Gasteiger partial charge in [-0.25, -0.2) is 4.98 Å². The van der Waals surface area contributed by atoms with E-state index in [2.05, 4.69) is 4.98 Å².